The second kappa shape index (κ2) is 5.21. The number of nitrogens with two attached hydrogens (primary N) is 1. The number of benzene rings is 1. The molecular formula is C12H15N3O2. The smallest absolute Gasteiger partial charge is 0.335 e. The topological polar surface area (TPSA) is 90.3 Å². The molecule has 0 spiro atoms. The van der Waals surface area contributed by atoms with Gasteiger partial charge in [0.1, 0.15) is 0 Å². The van der Waals surface area contributed by atoms with Gasteiger partial charge in [-0.15, -0.1) is 0 Å². The van der Waals surface area contributed by atoms with Gasteiger partial charge in [0.25, 0.3) is 0 Å². The summed E-state index contributed by atoms with van der Waals surface area (Å²) < 4.78 is 0. The van der Waals surface area contributed by atoms with E-state index >= 15 is 0 Å². The summed E-state index contributed by atoms with van der Waals surface area (Å²) in [5, 5.41) is 17.5. The Balaban J connectivity index is 2.93. The van der Waals surface area contributed by atoms with Crippen LogP contribution in [0.3, 0.4) is 0 Å². The fourth-order valence-electron chi connectivity index (χ4n) is 1.59. The van der Waals surface area contributed by atoms with E-state index in [0.717, 1.165) is 5.69 Å². The molecule has 1 unspecified atom stereocenters. The molecule has 90 valence electrons. The van der Waals surface area contributed by atoms with Crippen molar-refractivity contribution < 1.29 is 9.90 Å². The Labute approximate surface area is 100 Å². The summed E-state index contributed by atoms with van der Waals surface area (Å²) in [7, 11) is 1.82. The fourth-order valence-corrected chi connectivity index (χ4v) is 1.59. The van der Waals surface area contributed by atoms with Crippen LogP contribution >= 0.6 is 0 Å². The third-order valence-electron chi connectivity index (χ3n) is 2.45. The average Bonchev–Trinajstić information content (AvgIpc) is 2.28. The van der Waals surface area contributed by atoms with Crippen LogP contribution in [0.25, 0.3) is 0 Å². The minimum Gasteiger partial charge on any atom is -0.478 e. The third kappa shape index (κ3) is 3.11. The number of carbonyl (C=O) groups is 1. The Bertz CT molecular complexity index is 465. The van der Waals surface area contributed by atoms with E-state index in [2.05, 4.69) is 6.07 Å². The number of aromatic carboxylic acids is 1. The van der Waals surface area contributed by atoms with E-state index in [0.29, 0.717) is 12.2 Å². The van der Waals surface area contributed by atoms with Gasteiger partial charge in [0.05, 0.1) is 28.9 Å². The van der Waals surface area contributed by atoms with Crippen LogP contribution in [-0.4, -0.2) is 24.7 Å². The molecule has 0 saturated heterocycles. The maximum atomic E-state index is 10.7. The summed E-state index contributed by atoms with van der Waals surface area (Å²) in [5.74, 6) is -1.12. The fraction of sp³-hybridized carbons (Fsp3) is 0.333. The van der Waals surface area contributed by atoms with Gasteiger partial charge in [-0.3, -0.25) is 0 Å². The molecule has 0 fully saturated rings. The van der Waals surface area contributed by atoms with Crippen molar-refractivity contribution in [3.63, 3.8) is 0 Å². The zero-order chi connectivity index (χ0) is 13.0. The molecule has 0 aliphatic rings. The van der Waals surface area contributed by atoms with Crippen molar-refractivity contribution in [3.8, 4) is 6.07 Å². The number of hydrogen-bond acceptors (Lipinski definition) is 4. The maximum Gasteiger partial charge on any atom is 0.335 e. The van der Waals surface area contributed by atoms with Crippen LogP contribution in [0, 0.1) is 17.2 Å². The van der Waals surface area contributed by atoms with E-state index in [1.165, 1.54) is 12.1 Å². The number of rotatable bonds is 4. The Morgan fingerprint density at radius 2 is 2.29 bits per heavy atom. The van der Waals surface area contributed by atoms with Crippen molar-refractivity contribution in [2.75, 3.05) is 24.2 Å². The predicted octanol–water partition coefficient (Wildman–Crippen LogP) is 1.56. The van der Waals surface area contributed by atoms with Gasteiger partial charge < -0.3 is 15.7 Å². The first-order valence-corrected chi connectivity index (χ1v) is 5.19. The molecule has 1 aromatic carbocycles. The summed E-state index contributed by atoms with van der Waals surface area (Å²) in [6, 6.07) is 6.72. The molecule has 1 atom stereocenters. The highest BCUT2D eigenvalue weighted by molar-refractivity contribution is 5.90. The zero-order valence-corrected chi connectivity index (χ0v) is 9.84. The highest BCUT2D eigenvalue weighted by Crippen LogP contribution is 2.24. The van der Waals surface area contributed by atoms with Gasteiger partial charge in [-0.25, -0.2) is 4.79 Å². The normalized spacial score (nSPS) is 11.6. The van der Waals surface area contributed by atoms with Gasteiger partial charge in [0.15, 0.2) is 0 Å². The molecule has 0 aliphatic heterocycles. The van der Waals surface area contributed by atoms with Gasteiger partial charge in [-0.1, -0.05) is 0 Å². The van der Waals surface area contributed by atoms with E-state index in [1.54, 1.807) is 6.07 Å². The summed E-state index contributed by atoms with van der Waals surface area (Å²) >= 11 is 0. The summed E-state index contributed by atoms with van der Waals surface area (Å²) in [4.78, 5) is 12.6. The van der Waals surface area contributed by atoms with E-state index in [9.17, 15) is 4.79 Å². The standard InChI is InChI=1S/C12H15N3O2/c1-8(6-13)7-15(2)11-4-3-9(12(16)17)5-10(11)14/h3-5,8H,7,14H2,1-2H3,(H,16,17). The molecule has 0 aromatic heterocycles. The van der Waals surface area contributed by atoms with Crippen molar-refractivity contribution in [3.05, 3.63) is 23.8 Å². The van der Waals surface area contributed by atoms with Crippen LogP contribution in [0.1, 0.15) is 17.3 Å². The van der Waals surface area contributed by atoms with E-state index < -0.39 is 5.97 Å². The number of carboxylic acid groups (broad SMARTS) is 1. The van der Waals surface area contributed by atoms with E-state index in [4.69, 9.17) is 16.1 Å². The SMILES string of the molecule is CC(C#N)CN(C)c1ccc(C(=O)O)cc1N. The number of anilines is 2. The lowest BCUT2D eigenvalue weighted by Gasteiger charge is -2.22. The second-order valence-electron chi connectivity index (χ2n) is 3.99. The molecule has 0 bridgehead atoms. The molecule has 3 N–H and O–H groups in total. The van der Waals surface area contributed by atoms with E-state index in [-0.39, 0.29) is 11.5 Å². The van der Waals surface area contributed by atoms with Crippen LogP contribution in [0.5, 0.6) is 0 Å². The molecule has 0 amide bonds. The first kappa shape index (κ1) is 12.8. The van der Waals surface area contributed by atoms with Crippen molar-refractivity contribution in [2.45, 2.75) is 6.92 Å². The van der Waals surface area contributed by atoms with Gasteiger partial charge >= 0.3 is 5.97 Å². The van der Waals surface area contributed by atoms with Crippen molar-refractivity contribution in [2.24, 2.45) is 5.92 Å². The molecule has 17 heavy (non-hydrogen) atoms. The van der Waals surface area contributed by atoms with Gasteiger partial charge in [-0.05, 0) is 25.1 Å². The number of nitriles is 1. The number of nitrogen functional groups attached to an aromatic ring is 1. The number of carboxylic acids is 1. The zero-order valence-electron chi connectivity index (χ0n) is 9.84. The molecule has 0 saturated carbocycles. The first-order chi connectivity index (χ1) is 7.95. The van der Waals surface area contributed by atoms with Crippen LogP contribution < -0.4 is 10.6 Å². The van der Waals surface area contributed by atoms with Crippen LogP contribution in [-0.2, 0) is 0 Å². The van der Waals surface area contributed by atoms with Crippen molar-refractivity contribution in [1.29, 1.82) is 5.26 Å². The summed E-state index contributed by atoms with van der Waals surface area (Å²) in [6.45, 7) is 2.37. The van der Waals surface area contributed by atoms with Crippen LogP contribution in [0.15, 0.2) is 18.2 Å². The third-order valence-corrected chi connectivity index (χ3v) is 2.45. The predicted molar refractivity (Wildman–Crippen MR) is 65.9 cm³/mol. The van der Waals surface area contributed by atoms with Gasteiger partial charge in [0.2, 0.25) is 0 Å². The quantitative estimate of drug-likeness (QED) is 0.770. The largest absolute Gasteiger partial charge is 0.478 e. The highest BCUT2D eigenvalue weighted by atomic mass is 16.4. The van der Waals surface area contributed by atoms with Crippen molar-refractivity contribution >= 4 is 17.3 Å². The lowest BCUT2D eigenvalue weighted by atomic mass is 10.1. The maximum absolute atomic E-state index is 10.7. The molecular weight excluding hydrogens is 218 g/mol. The van der Waals surface area contributed by atoms with Gasteiger partial charge in [-0.2, -0.15) is 5.26 Å². The molecule has 0 radical (unpaired) electrons. The van der Waals surface area contributed by atoms with Crippen LogP contribution in [0.4, 0.5) is 11.4 Å². The Kier molecular flexibility index (Phi) is 3.94. The molecule has 5 nitrogen and oxygen atoms in total. The Morgan fingerprint density at radius 3 is 2.76 bits per heavy atom. The Hall–Kier alpha value is -2.22. The van der Waals surface area contributed by atoms with Gasteiger partial charge in [0, 0.05) is 13.6 Å². The first-order valence-electron chi connectivity index (χ1n) is 5.19. The van der Waals surface area contributed by atoms with Crippen molar-refractivity contribution in [1.82, 2.24) is 0 Å². The molecule has 5 heteroatoms. The number of hydrogen-bond donors (Lipinski definition) is 2. The molecule has 0 heterocycles. The minimum absolute atomic E-state index is 0.112. The molecule has 1 aromatic rings. The second-order valence-corrected chi connectivity index (χ2v) is 3.99. The molecule has 1 rings (SSSR count). The monoisotopic (exact) mass is 233 g/mol. The summed E-state index contributed by atoms with van der Waals surface area (Å²) in [5.41, 5.74) is 7.08. The lowest BCUT2D eigenvalue weighted by Crippen LogP contribution is -2.24. The lowest BCUT2D eigenvalue weighted by molar-refractivity contribution is 0.0697. The Morgan fingerprint density at radius 1 is 1.65 bits per heavy atom. The highest BCUT2D eigenvalue weighted by Gasteiger charge is 2.11. The molecule has 0 aliphatic carbocycles. The minimum atomic E-state index is -1.00. The van der Waals surface area contributed by atoms with E-state index in [1.807, 2.05) is 18.9 Å². The average molecular weight is 233 g/mol. The number of nitrogens with zero attached hydrogens (tertiary/aromatic N) is 2. The van der Waals surface area contributed by atoms with Crippen LogP contribution in [0.2, 0.25) is 0 Å². The summed E-state index contributed by atoms with van der Waals surface area (Å²) in [6.07, 6.45) is 0.